The maximum Gasteiger partial charge on any atom is 0.229 e. The fourth-order valence-corrected chi connectivity index (χ4v) is 5.27. The number of phenols is 2. The zero-order valence-electron chi connectivity index (χ0n) is 23.0. The van der Waals surface area contributed by atoms with Crippen molar-refractivity contribution in [1.82, 2.24) is 0 Å². The van der Waals surface area contributed by atoms with Crippen LogP contribution in [-0.2, 0) is 9.47 Å². The van der Waals surface area contributed by atoms with Crippen molar-refractivity contribution >= 4 is 11.0 Å². The molecule has 5 rings (SSSR count). The van der Waals surface area contributed by atoms with Gasteiger partial charge in [0.15, 0.2) is 16.9 Å². The van der Waals surface area contributed by atoms with Gasteiger partial charge in [-0.25, -0.2) is 0 Å². The monoisotopic (exact) mass is 624 g/mol. The maximum absolute atomic E-state index is 13.4. The molecule has 0 saturated carbocycles. The van der Waals surface area contributed by atoms with Crippen LogP contribution in [0.3, 0.4) is 0 Å². The molecule has 16 nitrogen and oxygen atoms in total. The van der Waals surface area contributed by atoms with Gasteiger partial charge >= 0.3 is 0 Å². The molecule has 10 atom stereocenters. The van der Waals surface area contributed by atoms with Gasteiger partial charge in [-0.2, -0.15) is 0 Å². The van der Waals surface area contributed by atoms with Crippen molar-refractivity contribution in [2.24, 2.45) is 0 Å². The van der Waals surface area contributed by atoms with E-state index < -0.39 is 102 Å². The molecule has 0 spiro atoms. The van der Waals surface area contributed by atoms with Crippen molar-refractivity contribution in [3.05, 3.63) is 46.1 Å². The van der Waals surface area contributed by atoms with Crippen LogP contribution in [0.15, 0.2) is 39.5 Å². The zero-order chi connectivity index (χ0) is 32.0. The Kier molecular flexibility index (Phi) is 9.01. The van der Waals surface area contributed by atoms with Gasteiger partial charge in [-0.1, -0.05) is 0 Å². The van der Waals surface area contributed by atoms with E-state index >= 15 is 0 Å². The molecule has 0 amide bonds. The van der Waals surface area contributed by atoms with E-state index in [9.17, 15) is 55.9 Å². The SMILES string of the molecule is COc1cc(-c2cc(=O)c3c(O)c([C@@H]4OC(CO)[C@@H](O)[C@H](O)C4O)c(O[C@@H]4OC(CO)[C@@H](O)[C@H](O)C4O)cc3o2)ccc1O. The molecule has 3 aromatic rings. The van der Waals surface area contributed by atoms with Gasteiger partial charge in [-0.3, -0.25) is 4.79 Å². The van der Waals surface area contributed by atoms with Crippen LogP contribution in [0.25, 0.3) is 22.3 Å². The molecule has 0 radical (unpaired) electrons. The molecule has 10 N–H and O–H groups in total. The van der Waals surface area contributed by atoms with Crippen LogP contribution in [0.5, 0.6) is 23.0 Å². The molecule has 2 aromatic carbocycles. The normalized spacial score (nSPS) is 32.5. The van der Waals surface area contributed by atoms with Gasteiger partial charge in [0.2, 0.25) is 6.29 Å². The number of aromatic hydroxyl groups is 2. The Morgan fingerprint density at radius 2 is 1.41 bits per heavy atom. The van der Waals surface area contributed by atoms with Gasteiger partial charge in [-0.15, -0.1) is 0 Å². The van der Waals surface area contributed by atoms with Crippen molar-refractivity contribution in [2.45, 2.75) is 61.2 Å². The lowest BCUT2D eigenvalue weighted by Gasteiger charge is -2.42. The van der Waals surface area contributed by atoms with E-state index in [2.05, 4.69) is 0 Å². The fourth-order valence-electron chi connectivity index (χ4n) is 5.27. The van der Waals surface area contributed by atoms with E-state index in [0.717, 1.165) is 12.1 Å². The van der Waals surface area contributed by atoms with Gasteiger partial charge in [0, 0.05) is 17.7 Å². The molecule has 44 heavy (non-hydrogen) atoms. The van der Waals surface area contributed by atoms with Gasteiger partial charge < -0.3 is 74.4 Å². The summed E-state index contributed by atoms with van der Waals surface area (Å²) < 4.78 is 27.8. The maximum atomic E-state index is 13.4. The summed E-state index contributed by atoms with van der Waals surface area (Å²) in [5, 5.41) is 103. The van der Waals surface area contributed by atoms with Gasteiger partial charge in [-0.05, 0) is 18.2 Å². The molecule has 240 valence electrons. The first-order valence-corrected chi connectivity index (χ1v) is 13.4. The number of hydrogen-bond acceptors (Lipinski definition) is 16. The molecule has 2 fully saturated rings. The van der Waals surface area contributed by atoms with Crippen LogP contribution < -0.4 is 14.9 Å². The molecule has 2 saturated heterocycles. The third kappa shape index (κ3) is 5.45. The predicted octanol–water partition coefficient (Wildman–Crippen LogP) is -2.43. The zero-order valence-corrected chi connectivity index (χ0v) is 23.0. The van der Waals surface area contributed by atoms with Gasteiger partial charge in [0.05, 0.1) is 25.9 Å². The summed E-state index contributed by atoms with van der Waals surface area (Å²) in [6, 6.07) is 6.20. The highest BCUT2D eigenvalue weighted by Crippen LogP contribution is 2.46. The van der Waals surface area contributed by atoms with Crippen LogP contribution in [0, 0.1) is 0 Å². The number of aliphatic hydroxyl groups is 8. The molecule has 0 bridgehead atoms. The van der Waals surface area contributed by atoms with E-state index in [1.54, 1.807) is 0 Å². The molecule has 4 unspecified atom stereocenters. The van der Waals surface area contributed by atoms with E-state index in [0.29, 0.717) is 0 Å². The average molecular weight is 625 g/mol. The Bertz CT molecular complexity index is 1550. The van der Waals surface area contributed by atoms with Crippen LogP contribution in [-0.4, -0.2) is 127 Å². The first-order valence-electron chi connectivity index (χ1n) is 13.4. The highest BCUT2D eigenvalue weighted by atomic mass is 16.7. The summed E-state index contributed by atoms with van der Waals surface area (Å²) in [5.41, 5.74) is -1.30. The van der Waals surface area contributed by atoms with Crippen molar-refractivity contribution in [3.8, 4) is 34.3 Å². The third-order valence-electron chi connectivity index (χ3n) is 7.73. The minimum atomic E-state index is -1.95. The van der Waals surface area contributed by atoms with Gasteiger partial charge in [0.25, 0.3) is 0 Å². The van der Waals surface area contributed by atoms with E-state index in [-0.39, 0.29) is 28.4 Å². The second kappa shape index (κ2) is 12.4. The number of rotatable bonds is 7. The second-order valence-corrected chi connectivity index (χ2v) is 10.4. The molecular weight excluding hydrogens is 592 g/mol. The quantitative estimate of drug-likeness (QED) is 0.131. The minimum absolute atomic E-state index is 0.0421. The van der Waals surface area contributed by atoms with Crippen LogP contribution in [0.1, 0.15) is 11.7 Å². The van der Waals surface area contributed by atoms with E-state index in [1.807, 2.05) is 0 Å². The smallest absolute Gasteiger partial charge is 0.229 e. The lowest BCUT2D eigenvalue weighted by molar-refractivity contribution is -0.278. The summed E-state index contributed by atoms with van der Waals surface area (Å²) in [6.45, 7) is -1.61. The topological polar surface area (TPSA) is 269 Å². The molecular formula is C28H32O16. The highest BCUT2D eigenvalue weighted by Gasteiger charge is 2.48. The summed E-state index contributed by atoms with van der Waals surface area (Å²) in [7, 11) is 1.32. The third-order valence-corrected chi connectivity index (χ3v) is 7.73. The molecule has 2 aliphatic heterocycles. The number of benzene rings is 2. The Hall–Kier alpha value is -3.55. The number of aliphatic hydroxyl groups excluding tert-OH is 8. The summed E-state index contributed by atoms with van der Waals surface area (Å²) >= 11 is 0. The van der Waals surface area contributed by atoms with Crippen molar-refractivity contribution in [3.63, 3.8) is 0 Å². The van der Waals surface area contributed by atoms with E-state index in [1.165, 1.54) is 25.3 Å². The summed E-state index contributed by atoms with van der Waals surface area (Å²) in [6.07, 6.45) is -17.5. The number of hydrogen-bond donors (Lipinski definition) is 10. The number of fused-ring (bicyclic) bond motifs is 1. The molecule has 2 aliphatic rings. The highest BCUT2D eigenvalue weighted by molar-refractivity contribution is 5.88. The van der Waals surface area contributed by atoms with Crippen molar-refractivity contribution in [1.29, 1.82) is 0 Å². The largest absolute Gasteiger partial charge is 0.506 e. The van der Waals surface area contributed by atoms with Crippen LogP contribution in [0.2, 0.25) is 0 Å². The van der Waals surface area contributed by atoms with Gasteiger partial charge in [0.1, 0.15) is 83.2 Å². The summed E-state index contributed by atoms with van der Waals surface area (Å²) in [5.74, 6) is -1.50. The Morgan fingerprint density at radius 3 is 2.05 bits per heavy atom. The number of phenolic OH excluding ortho intramolecular Hbond substituents is 2. The Labute approximate surface area is 247 Å². The average Bonchev–Trinajstić information content (AvgIpc) is 3.00. The summed E-state index contributed by atoms with van der Waals surface area (Å²) in [4.78, 5) is 13.4. The van der Waals surface area contributed by atoms with Crippen molar-refractivity contribution in [2.75, 3.05) is 20.3 Å². The second-order valence-electron chi connectivity index (χ2n) is 10.4. The van der Waals surface area contributed by atoms with Crippen LogP contribution >= 0.6 is 0 Å². The number of methoxy groups -OCH3 is 1. The van der Waals surface area contributed by atoms with Crippen molar-refractivity contribution < 1.29 is 74.4 Å². The predicted molar refractivity (Wildman–Crippen MR) is 145 cm³/mol. The Balaban J connectivity index is 1.69. The fraction of sp³-hybridized carbons (Fsp3) is 0.464. The number of ether oxygens (including phenoxy) is 4. The first kappa shape index (κ1) is 31.9. The molecule has 1 aromatic heterocycles. The molecule has 0 aliphatic carbocycles. The lowest BCUT2D eigenvalue weighted by Crippen LogP contribution is -2.60. The first-order chi connectivity index (χ1) is 20.9. The lowest BCUT2D eigenvalue weighted by atomic mass is 9.89. The standard InChI is InChI=1S/C28H32O16/c1-40-13-4-9(2-3-10(13)31)12-5-11(32)18-14(41-12)6-15(43-28-26(39)24(37)21(34)17(8-30)44-28)19(22(18)35)27-25(38)23(36)20(33)16(7-29)42-27/h2-6,16-17,20-21,23-31,33-39H,7-8H2,1H3/t16?,17?,20-,21-,23+,24+,25?,26?,27+,28-/m1/s1. The van der Waals surface area contributed by atoms with Crippen LogP contribution in [0.4, 0.5) is 0 Å². The minimum Gasteiger partial charge on any atom is -0.506 e. The van der Waals surface area contributed by atoms with E-state index in [4.69, 9.17) is 23.4 Å². The molecule has 3 heterocycles. The molecule has 16 heteroatoms. The Morgan fingerprint density at radius 1 is 0.773 bits per heavy atom.